The second-order valence-corrected chi connectivity index (χ2v) is 19.9. The minimum Gasteiger partial charge on any atom is -0.453 e. The Hall–Kier alpha value is -4.30. The number of rotatable bonds is 25. The molecule has 2 heteroatoms. The molecule has 2 unspecified atom stereocenters. The van der Waals surface area contributed by atoms with E-state index in [1.54, 1.807) is 22.3 Å². The van der Waals surface area contributed by atoms with E-state index in [1.807, 2.05) is 0 Å². The van der Waals surface area contributed by atoms with Crippen molar-refractivity contribution in [1.82, 2.24) is 0 Å². The lowest BCUT2D eigenvalue weighted by atomic mass is 9.77. The van der Waals surface area contributed by atoms with Crippen molar-refractivity contribution in [3.05, 3.63) is 154 Å². The van der Waals surface area contributed by atoms with E-state index in [1.165, 1.54) is 163 Å². The molecule has 2 atom stereocenters. The topological polar surface area (TPSA) is 12.5 Å². The van der Waals surface area contributed by atoms with Crippen molar-refractivity contribution in [3.63, 3.8) is 0 Å². The van der Waals surface area contributed by atoms with Gasteiger partial charge in [0.2, 0.25) is 0 Å². The zero-order valence-electron chi connectivity index (χ0n) is 38.5. The number of para-hydroxylation sites is 4. The van der Waals surface area contributed by atoms with Gasteiger partial charge in [-0.3, -0.25) is 0 Å². The molecule has 5 aromatic rings. The van der Waals surface area contributed by atoms with Crippen LogP contribution < -0.4 is 9.64 Å². The van der Waals surface area contributed by atoms with Gasteiger partial charge in [0.05, 0.1) is 11.4 Å². The van der Waals surface area contributed by atoms with Gasteiger partial charge in [-0.15, -0.1) is 0 Å². The molecule has 7 rings (SSSR count). The lowest BCUT2D eigenvalue weighted by molar-refractivity contribution is 0.323. The molecule has 0 fully saturated rings. The van der Waals surface area contributed by atoms with Crippen molar-refractivity contribution in [3.8, 4) is 11.5 Å². The largest absolute Gasteiger partial charge is 0.453 e. The SMILES string of the molecule is CCC(CCC(CC(C)(C)C)c1ccc(CCCCCCCCc2ccc3c(c2)CC3)cc1)c1ccc(CCCCCCCCN2c3ccccc3Oc3ccccc32)cc1. The van der Waals surface area contributed by atoms with Crippen LogP contribution in [0.15, 0.2) is 115 Å². The van der Waals surface area contributed by atoms with Gasteiger partial charge in [0.1, 0.15) is 0 Å². The highest BCUT2D eigenvalue weighted by atomic mass is 16.5. The third-order valence-electron chi connectivity index (χ3n) is 13.9. The van der Waals surface area contributed by atoms with E-state index in [4.69, 9.17) is 4.74 Å². The summed E-state index contributed by atoms with van der Waals surface area (Å²) in [6.07, 6.45) is 27.1. The molecule has 0 bridgehead atoms. The van der Waals surface area contributed by atoms with Crippen molar-refractivity contribution in [2.24, 2.45) is 5.41 Å². The zero-order chi connectivity index (χ0) is 42.3. The highest BCUT2D eigenvalue weighted by Gasteiger charge is 2.24. The van der Waals surface area contributed by atoms with Crippen molar-refractivity contribution >= 4 is 11.4 Å². The Balaban J connectivity index is 0.777. The number of ether oxygens (including phenoxy) is 1. The zero-order valence-corrected chi connectivity index (χ0v) is 38.5. The molecule has 2 aliphatic rings. The van der Waals surface area contributed by atoms with Crippen LogP contribution in [0.1, 0.15) is 181 Å². The molecule has 0 saturated carbocycles. The van der Waals surface area contributed by atoms with Crippen LogP contribution in [0.5, 0.6) is 11.5 Å². The Bertz CT molecular complexity index is 2010. The van der Waals surface area contributed by atoms with Gasteiger partial charge in [-0.2, -0.15) is 0 Å². The number of fused-ring (bicyclic) bond motifs is 3. The summed E-state index contributed by atoms with van der Waals surface area (Å²) in [4.78, 5) is 2.45. The number of aryl methyl sites for hydroxylation is 5. The number of nitrogens with zero attached hydrogens (tertiary/aromatic N) is 1. The lowest BCUT2D eigenvalue weighted by Gasteiger charge is -2.32. The smallest absolute Gasteiger partial charge is 0.151 e. The van der Waals surface area contributed by atoms with Crippen LogP contribution in [0.3, 0.4) is 0 Å². The van der Waals surface area contributed by atoms with Gasteiger partial charge in [0, 0.05) is 6.54 Å². The molecule has 5 aromatic carbocycles. The highest BCUT2D eigenvalue weighted by molar-refractivity contribution is 5.77. The molecule has 0 N–H and O–H groups in total. The Morgan fingerprint density at radius 1 is 0.492 bits per heavy atom. The molecule has 0 saturated heterocycles. The fourth-order valence-electron chi connectivity index (χ4n) is 10.1. The summed E-state index contributed by atoms with van der Waals surface area (Å²) in [5, 5.41) is 0. The maximum absolute atomic E-state index is 6.18. The minimum absolute atomic E-state index is 0.317. The first-order valence-corrected chi connectivity index (χ1v) is 24.7. The van der Waals surface area contributed by atoms with Crippen molar-refractivity contribution < 1.29 is 4.74 Å². The van der Waals surface area contributed by atoms with Gasteiger partial charge in [0.15, 0.2) is 11.5 Å². The highest BCUT2D eigenvalue weighted by Crippen LogP contribution is 2.46. The molecule has 0 aromatic heterocycles. The van der Waals surface area contributed by atoms with Crippen molar-refractivity contribution in [2.75, 3.05) is 11.4 Å². The van der Waals surface area contributed by atoms with E-state index in [2.05, 4.69) is 148 Å². The molecule has 1 aliphatic heterocycles. The fraction of sp³-hybridized carbons (Fsp3) is 0.492. The van der Waals surface area contributed by atoms with E-state index in [0.29, 0.717) is 17.3 Å². The summed E-state index contributed by atoms with van der Waals surface area (Å²) < 4.78 is 6.18. The van der Waals surface area contributed by atoms with E-state index in [-0.39, 0.29) is 0 Å². The van der Waals surface area contributed by atoms with Gasteiger partial charge in [-0.1, -0.05) is 170 Å². The predicted molar refractivity (Wildman–Crippen MR) is 262 cm³/mol. The van der Waals surface area contributed by atoms with Crippen molar-refractivity contribution in [2.45, 2.75) is 174 Å². The molecule has 0 amide bonds. The Morgan fingerprint density at radius 3 is 1.46 bits per heavy atom. The molecule has 61 heavy (non-hydrogen) atoms. The number of benzene rings is 5. The van der Waals surface area contributed by atoms with E-state index in [9.17, 15) is 0 Å². The molecular formula is C59H77NO. The number of hydrogen-bond acceptors (Lipinski definition) is 2. The standard InChI is InChI=1S/C59H77NO/c1-5-49(50-34-29-46(30-35-50)22-15-11-8-9-13-21-43-60-55-25-17-19-27-57(55)61-58-28-20-18-26-56(58)60)39-42-54(45-59(2,3)4)52-36-31-47(32-37-52)23-14-10-6-7-12-16-24-48-33-38-51-40-41-53(51)44-48/h17-20,25-38,44,49,54H,5-16,21-24,39-43,45H2,1-4H3. The summed E-state index contributed by atoms with van der Waals surface area (Å²) in [6, 6.07) is 43.7. The molecule has 1 heterocycles. The summed E-state index contributed by atoms with van der Waals surface area (Å²) in [6.45, 7) is 10.7. The molecule has 2 nitrogen and oxygen atoms in total. The maximum Gasteiger partial charge on any atom is 0.151 e. The van der Waals surface area contributed by atoms with E-state index < -0.39 is 0 Å². The average Bonchev–Trinajstić information content (AvgIpc) is 3.26. The normalized spacial score (nSPS) is 14.1. The lowest BCUT2D eigenvalue weighted by Crippen LogP contribution is -2.22. The van der Waals surface area contributed by atoms with Gasteiger partial charge >= 0.3 is 0 Å². The quantitative estimate of drug-likeness (QED) is 0.0544. The monoisotopic (exact) mass is 816 g/mol. The van der Waals surface area contributed by atoms with Crippen LogP contribution in [0.4, 0.5) is 11.4 Å². The van der Waals surface area contributed by atoms with Crippen LogP contribution in [0.25, 0.3) is 0 Å². The van der Waals surface area contributed by atoms with Crippen LogP contribution in [0.2, 0.25) is 0 Å². The first kappa shape index (κ1) is 44.7. The summed E-state index contributed by atoms with van der Waals surface area (Å²) in [5.41, 5.74) is 13.5. The molecule has 1 aliphatic carbocycles. The van der Waals surface area contributed by atoms with Crippen LogP contribution in [0, 0.1) is 5.41 Å². The third-order valence-corrected chi connectivity index (χ3v) is 13.9. The molecule has 324 valence electrons. The van der Waals surface area contributed by atoms with E-state index in [0.717, 1.165) is 18.0 Å². The number of hydrogen-bond donors (Lipinski definition) is 0. The second kappa shape index (κ2) is 22.7. The van der Waals surface area contributed by atoms with E-state index >= 15 is 0 Å². The third kappa shape index (κ3) is 13.3. The van der Waals surface area contributed by atoms with Gasteiger partial charge < -0.3 is 9.64 Å². The Labute approximate surface area is 371 Å². The second-order valence-electron chi connectivity index (χ2n) is 19.9. The Morgan fingerprint density at radius 2 is 0.951 bits per heavy atom. The van der Waals surface area contributed by atoms with Crippen molar-refractivity contribution in [1.29, 1.82) is 0 Å². The Kier molecular flexibility index (Phi) is 16.6. The first-order valence-electron chi connectivity index (χ1n) is 24.7. The molecule has 0 spiro atoms. The molecular weight excluding hydrogens is 739 g/mol. The van der Waals surface area contributed by atoms with Gasteiger partial charge in [-0.25, -0.2) is 0 Å². The summed E-state index contributed by atoms with van der Waals surface area (Å²) in [7, 11) is 0. The van der Waals surface area contributed by atoms with Gasteiger partial charge in [-0.05, 0) is 164 Å². The summed E-state index contributed by atoms with van der Waals surface area (Å²) in [5.74, 6) is 3.17. The van der Waals surface area contributed by atoms with Gasteiger partial charge in [0.25, 0.3) is 0 Å². The number of unbranched alkanes of at least 4 members (excludes halogenated alkanes) is 10. The molecule has 0 radical (unpaired) electrons. The van der Waals surface area contributed by atoms with Crippen LogP contribution in [-0.4, -0.2) is 6.54 Å². The predicted octanol–water partition coefficient (Wildman–Crippen LogP) is 17.2. The fourth-order valence-corrected chi connectivity index (χ4v) is 10.1. The maximum atomic E-state index is 6.18. The average molecular weight is 816 g/mol. The minimum atomic E-state index is 0.317. The van der Waals surface area contributed by atoms with Crippen LogP contribution >= 0.6 is 0 Å². The summed E-state index contributed by atoms with van der Waals surface area (Å²) >= 11 is 0. The first-order chi connectivity index (χ1) is 29.8. The van der Waals surface area contributed by atoms with Crippen LogP contribution in [-0.2, 0) is 32.1 Å². The number of anilines is 2.